The van der Waals surface area contributed by atoms with Crippen LogP contribution in [0.15, 0.2) is 12.5 Å². The molecule has 0 aliphatic rings. The molecule has 0 unspecified atom stereocenters. The second-order valence-corrected chi connectivity index (χ2v) is 5.00. The second kappa shape index (κ2) is 9.25. The molecule has 1 aromatic heterocycles. The fraction of sp³-hybridized carbons (Fsp3) is 0.462. The van der Waals surface area contributed by atoms with Gasteiger partial charge in [-0.2, -0.15) is 0 Å². The van der Waals surface area contributed by atoms with Crippen molar-refractivity contribution in [2.45, 2.75) is 31.3 Å². The van der Waals surface area contributed by atoms with Crippen LogP contribution in [-0.2, 0) is 25.6 Å². The molecule has 0 aliphatic carbocycles. The Hall–Kier alpha value is -2.95. The Morgan fingerprint density at radius 3 is 2.54 bits per heavy atom. The first-order chi connectivity index (χ1) is 11.3. The van der Waals surface area contributed by atoms with E-state index in [0.29, 0.717) is 5.69 Å². The predicted octanol–water partition coefficient (Wildman–Crippen LogP) is -2.17. The van der Waals surface area contributed by atoms with Crippen LogP contribution in [-0.4, -0.2) is 62.6 Å². The minimum absolute atomic E-state index is 0.198. The average Bonchev–Trinajstić information content (AvgIpc) is 3.01. The minimum Gasteiger partial charge on any atom is -0.481 e. The number of carbonyl (C=O) groups excluding carboxylic acids is 2. The normalized spacial score (nSPS) is 12.9. The number of aromatic amines is 1. The van der Waals surface area contributed by atoms with Crippen LogP contribution in [0.2, 0.25) is 0 Å². The molecule has 0 saturated heterocycles. The van der Waals surface area contributed by atoms with Gasteiger partial charge in [0.15, 0.2) is 0 Å². The number of nitrogens with zero attached hydrogens (tertiary/aromatic N) is 1. The maximum Gasteiger partial charge on any atom is 0.326 e. The zero-order valence-corrected chi connectivity index (χ0v) is 12.7. The Morgan fingerprint density at radius 1 is 1.29 bits per heavy atom. The van der Waals surface area contributed by atoms with E-state index in [0.717, 1.165) is 0 Å². The summed E-state index contributed by atoms with van der Waals surface area (Å²) in [5.41, 5.74) is 6.33. The van der Waals surface area contributed by atoms with Gasteiger partial charge < -0.3 is 31.6 Å². The maximum absolute atomic E-state index is 11.8. The van der Waals surface area contributed by atoms with Gasteiger partial charge in [-0.25, -0.2) is 9.78 Å². The number of rotatable bonds is 10. The number of aromatic nitrogens is 2. The van der Waals surface area contributed by atoms with Crippen LogP contribution in [0.25, 0.3) is 0 Å². The van der Waals surface area contributed by atoms with Gasteiger partial charge in [0, 0.05) is 24.7 Å². The van der Waals surface area contributed by atoms with Gasteiger partial charge in [-0.1, -0.05) is 0 Å². The third-order valence-corrected chi connectivity index (χ3v) is 3.03. The molecule has 1 heterocycles. The number of amides is 2. The van der Waals surface area contributed by atoms with Crippen molar-refractivity contribution < 1.29 is 29.4 Å². The smallest absolute Gasteiger partial charge is 0.326 e. The number of hydrogen-bond donors (Lipinski definition) is 6. The van der Waals surface area contributed by atoms with Gasteiger partial charge in [0.1, 0.15) is 6.04 Å². The lowest BCUT2D eigenvalue weighted by Gasteiger charge is -2.15. The second-order valence-electron chi connectivity index (χ2n) is 5.00. The molecule has 132 valence electrons. The highest BCUT2D eigenvalue weighted by Gasteiger charge is 2.22. The zero-order chi connectivity index (χ0) is 18.1. The average molecular weight is 341 g/mol. The van der Waals surface area contributed by atoms with Gasteiger partial charge in [0.25, 0.3) is 0 Å². The third kappa shape index (κ3) is 6.87. The van der Waals surface area contributed by atoms with E-state index in [4.69, 9.17) is 15.9 Å². The largest absolute Gasteiger partial charge is 0.481 e. The lowest BCUT2D eigenvalue weighted by molar-refractivity contribution is -0.143. The quantitative estimate of drug-likeness (QED) is 0.277. The van der Waals surface area contributed by atoms with E-state index in [2.05, 4.69) is 20.6 Å². The van der Waals surface area contributed by atoms with Crippen molar-refractivity contribution in [1.29, 1.82) is 0 Å². The summed E-state index contributed by atoms with van der Waals surface area (Å²) in [6.07, 6.45) is 2.49. The Morgan fingerprint density at radius 2 is 2.00 bits per heavy atom. The summed E-state index contributed by atoms with van der Waals surface area (Å²) in [5, 5.41) is 21.9. The molecule has 0 radical (unpaired) electrons. The minimum atomic E-state index is -1.35. The van der Waals surface area contributed by atoms with E-state index in [9.17, 15) is 19.2 Å². The van der Waals surface area contributed by atoms with E-state index in [1.165, 1.54) is 12.5 Å². The summed E-state index contributed by atoms with van der Waals surface area (Å²) in [4.78, 5) is 51.4. The van der Waals surface area contributed by atoms with Gasteiger partial charge in [0.2, 0.25) is 11.8 Å². The van der Waals surface area contributed by atoms with E-state index in [-0.39, 0.29) is 12.8 Å². The number of aliphatic carboxylic acids is 2. The van der Waals surface area contributed by atoms with Crippen LogP contribution < -0.4 is 16.4 Å². The standard InChI is InChI=1S/C13H19N5O6/c14-8(3-7-4-15-6-17-7)12(22)16-5-10(19)18-9(13(23)24)1-2-11(20)21/h4,6,8-9H,1-3,5,14H2,(H,15,17)(H,16,22)(H,18,19)(H,20,21)(H,23,24)/t8-,9-/m0/s1. The van der Waals surface area contributed by atoms with Gasteiger partial charge in [0.05, 0.1) is 18.9 Å². The summed E-state index contributed by atoms with van der Waals surface area (Å²) >= 11 is 0. The third-order valence-electron chi connectivity index (χ3n) is 3.03. The molecule has 1 aromatic rings. The van der Waals surface area contributed by atoms with Gasteiger partial charge in [-0.15, -0.1) is 0 Å². The number of H-pyrrole nitrogens is 1. The topological polar surface area (TPSA) is 187 Å². The van der Waals surface area contributed by atoms with Crippen LogP contribution in [0.1, 0.15) is 18.5 Å². The van der Waals surface area contributed by atoms with Gasteiger partial charge in [-0.3, -0.25) is 14.4 Å². The van der Waals surface area contributed by atoms with Crippen LogP contribution in [0.4, 0.5) is 0 Å². The number of imidazole rings is 1. The number of nitrogens with one attached hydrogen (secondary N) is 3. The first-order valence-corrected chi connectivity index (χ1v) is 7.04. The Labute approximate surface area is 136 Å². The van der Waals surface area contributed by atoms with Crippen molar-refractivity contribution in [3.8, 4) is 0 Å². The van der Waals surface area contributed by atoms with Crippen molar-refractivity contribution >= 4 is 23.8 Å². The molecule has 24 heavy (non-hydrogen) atoms. The highest BCUT2D eigenvalue weighted by atomic mass is 16.4. The van der Waals surface area contributed by atoms with Crippen LogP contribution in [0.5, 0.6) is 0 Å². The predicted molar refractivity (Wildman–Crippen MR) is 79.7 cm³/mol. The zero-order valence-electron chi connectivity index (χ0n) is 12.7. The fourth-order valence-corrected chi connectivity index (χ4v) is 1.79. The Balaban J connectivity index is 2.38. The lowest BCUT2D eigenvalue weighted by Crippen LogP contribution is -2.49. The molecule has 0 fully saturated rings. The molecular formula is C13H19N5O6. The SMILES string of the molecule is N[C@@H](Cc1cnc[nH]1)C(=O)NCC(=O)N[C@@H](CCC(=O)O)C(=O)O. The van der Waals surface area contributed by atoms with Crippen molar-refractivity contribution in [3.05, 3.63) is 18.2 Å². The Kier molecular flexibility index (Phi) is 7.36. The molecule has 0 bridgehead atoms. The summed E-state index contributed by atoms with van der Waals surface area (Å²) in [7, 11) is 0. The number of nitrogens with two attached hydrogens (primary N) is 1. The van der Waals surface area contributed by atoms with E-state index in [1.54, 1.807) is 0 Å². The number of hydrogen-bond acceptors (Lipinski definition) is 6. The molecule has 11 nitrogen and oxygen atoms in total. The van der Waals surface area contributed by atoms with E-state index in [1.807, 2.05) is 0 Å². The highest BCUT2D eigenvalue weighted by Crippen LogP contribution is 1.98. The van der Waals surface area contributed by atoms with Crippen molar-refractivity contribution in [2.24, 2.45) is 5.73 Å². The number of carbonyl (C=O) groups is 4. The first-order valence-electron chi connectivity index (χ1n) is 7.04. The number of carboxylic acids is 2. The molecule has 11 heteroatoms. The Bertz CT molecular complexity index is 588. The summed E-state index contributed by atoms with van der Waals surface area (Å²) < 4.78 is 0. The molecular weight excluding hydrogens is 322 g/mol. The molecule has 0 spiro atoms. The van der Waals surface area contributed by atoms with Crippen LogP contribution in [0, 0.1) is 0 Å². The van der Waals surface area contributed by atoms with Crippen LogP contribution >= 0.6 is 0 Å². The fourth-order valence-electron chi connectivity index (χ4n) is 1.79. The van der Waals surface area contributed by atoms with E-state index >= 15 is 0 Å². The molecule has 1 rings (SSSR count). The van der Waals surface area contributed by atoms with Crippen molar-refractivity contribution in [2.75, 3.05) is 6.54 Å². The van der Waals surface area contributed by atoms with Crippen molar-refractivity contribution in [1.82, 2.24) is 20.6 Å². The lowest BCUT2D eigenvalue weighted by atomic mass is 10.1. The maximum atomic E-state index is 11.8. The van der Waals surface area contributed by atoms with Crippen molar-refractivity contribution in [3.63, 3.8) is 0 Å². The molecule has 2 amide bonds. The van der Waals surface area contributed by atoms with Gasteiger partial charge >= 0.3 is 11.9 Å². The molecule has 0 aliphatic heterocycles. The summed E-state index contributed by atoms with van der Waals surface area (Å²) in [5.74, 6) is -3.87. The van der Waals surface area contributed by atoms with Crippen LogP contribution in [0.3, 0.4) is 0 Å². The highest BCUT2D eigenvalue weighted by molar-refractivity contribution is 5.89. The summed E-state index contributed by atoms with van der Waals surface area (Å²) in [6.45, 7) is -0.466. The summed E-state index contributed by atoms with van der Waals surface area (Å²) in [6, 6.07) is -2.25. The molecule has 0 aromatic carbocycles. The molecule has 0 saturated carbocycles. The first kappa shape index (κ1) is 19.1. The molecule has 7 N–H and O–H groups in total. The van der Waals surface area contributed by atoms with E-state index < -0.39 is 48.8 Å². The monoisotopic (exact) mass is 341 g/mol. The molecule has 2 atom stereocenters. The number of carboxylic acid groups (broad SMARTS) is 2. The van der Waals surface area contributed by atoms with Gasteiger partial charge in [-0.05, 0) is 6.42 Å².